The van der Waals surface area contributed by atoms with E-state index in [9.17, 15) is 27.5 Å². The molecular weight excluding hydrogens is 430 g/mol. The maximum absolute atomic E-state index is 13.7. The molecule has 1 aliphatic carbocycles. The van der Waals surface area contributed by atoms with Crippen molar-refractivity contribution in [2.24, 2.45) is 5.41 Å². The van der Waals surface area contributed by atoms with Crippen LogP contribution in [0, 0.1) is 11.2 Å². The number of benzene rings is 1. The number of carbonyl (C=O) groups excluding carboxylic acids is 1. The summed E-state index contributed by atoms with van der Waals surface area (Å²) in [6, 6.07) is 2.67. The Bertz CT molecular complexity index is 846. The van der Waals surface area contributed by atoms with E-state index in [0.717, 1.165) is 50.9 Å². The summed E-state index contributed by atoms with van der Waals surface area (Å²) in [5.74, 6) is -2.14. The van der Waals surface area contributed by atoms with Crippen LogP contribution in [0.2, 0.25) is 0 Å². The summed E-state index contributed by atoms with van der Waals surface area (Å²) < 4.78 is 55.1. The molecule has 1 saturated carbocycles. The molecule has 1 aromatic rings. The van der Waals surface area contributed by atoms with Gasteiger partial charge in [0, 0.05) is 37.9 Å². The molecule has 10 heteroatoms. The summed E-state index contributed by atoms with van der Waals surface area (Å²) in [6.07, 6.45) is -1.20. The van der Waals surface area contributed by atoms with E-state index in [2.05, 4.69) is 9.64 Å². The molecule has 2 saturated heterocycles. The van der Waals surface area contributed by atoms with Crippen molar-refractivity contribution >= 4 is 11.6 Å². The topological polar surface area (TPSA) is 56.2 Å². The predicted octanol–water partition coefficient (Wildman–Crippen LogP) is 3.00. The van der Waals surface area contributed by atoms with Crippen LogP contribution in [-0.2, 0) is 4.79 Å². The number of likely N-dealkylation sites (tertiary alicyclic amines) is 1. The number of piperidine rings is 1. The quantitative estimate of drug-likeness (QED) is 0.663. The monoisotopic (exact) mass is 459 g/mol. The van der Waals surface area contributed by atoms with Gasteiger partial charge in [0.2, 0.25) is 5.91 Å². The van der Waals surface area contributed by atoms with Crippen molar-refractivity contribution in [3.8, 4) is 5.75 Å². The number of hydrogen-bond donors (Lipinski definition) is 1. The Morgan fingerprint density at radius 3 is 2.56 bits per heavy atom. The molecule has 0 aromatic heterocycles. The van der Waals surface area contributed by atoms with Crippen LogP contribution in [0.1, 0.15) is 32.6 Å². The van der Waals surface area contributed by atoms with E-state index in [4.69, 9.17) is 0 Å². The highest BCUT2D eigenvalue weighted by Crippen LogP contribution is 2.53. The van der Waals surface area contributed by atoms with Gasteiger partial charge in [-0.25, -0.2) is 4.39 Å². The van der Waals surface area contributed by atoms with Crippen LogP contribution in [0.3, 0.4) is 0 Å². The van der Waals surface area contributed by atoms with Gasteiger partial charge in [-0.1, -0.05) is 0 Å². The fourth-order valence-electron chi connectivity index (χ4n) is 4.89. The Kier molecular flexibility index (Phi) is 6.28. The largest absolute Gasteiger partial charge is 0.573 e. The van der Waals surface area contributed by atoms with Crippen LogP contribution >= 0.6 is 0 Å². The molecule has 3 fully saturated rings. The Morgan fingerprint density at radius 2 is 1.91 bits per heavy atom. The molecule has 0 bridgehead atoms. The van der Waals surface area contributed by atoms with Crippen molar-refractivity contribution in [3.63, 3.8) is 0 Å². The van der Waals surface area contributed by atoms with Gasteiger partial charge in [-0.2, -0.15) is 0 Å². The highest BCUT2D eigenvalue weighted by molar-refractivity contribution is 5.86. The molecule has 1 aromatic carbocycles. The van der Waals surface area contributed by atoms with E-state index < -0.39 is 24.0 Å². The van der Waals surface area contributed by atoms with Crippen molar-refractivity contribution in [1.29, 1.82) is 0 Å². The van der Waals surface area contributed by atoms with Gasteiger partial charge in [0.25, 0.3) is 0 Å². The number of aliphatic hydroxyl groups excluding tert-OH is 1. The highest BCUT2D eigenvalue weighted by atomic mass is 19.4. The Labute approximate surface area is 184 Å². The second-order valence-corrected chi connectivity index (χ2v) is 9.14. The number of alkyl halides is 3. The zero-order valence-corrected chi connectivity index (χ0v) is 18.1. The van der Waals surface area contributed by atoms with Crippen LogP contribution in [0.4, 0.5) is 23.2 Å². The third kappa shape index (κ3) is 4.96. The molecule has 32 heavy (non-hydrogen) atoms. The number of nitrogens with zero attached hydrogens (tertiary/aromatic N) is 3. The van der Waals surface area contributed by atoms with Crippen LogP contribution in [-0.4, -0.2) is 78.6 Å². The van der Waals surface area contributed by atoms with Crippen molar-refractivity contribution < 1.29 is 32.2 Å². The zero-order valence-electron chi connectivity index (χ0n) is 18.1. The van der Waals surface area contributed by atoms with Gasteiger partial charge in [-0.15, -0.1) is 13.2 Å². The first kappa shape index (κ1) is 23.1. The normalized spacial score (nSPS) is 26.0. The number of amides is 1. The number of β-amino-alcohol motifs (C(OH)–C–C–N with tert-alkyl or cyclic N) is 1. The van der Waals surface area contributed by atoms with Gasteiger partial charge in [-0.05, 0) is 63.2 Å². The summed E-state index contributed by atoms with van der Waals surface area (Å²) in [4.78, 5) is 18.5. The molecule has 3 aliphatic rings. The first-order chi connectivity index (χ1) is 15.1. The van der Waals surface area contributed by atoms with Gasteiger partial charge in [-0.3, -0.25) is 4.79 Å². The first-order valence-electron chi connectivity index (χ1n) is 11.1. The number of ether oxygens (including phenoxy) is 1. The summed E-state index contributed by atoms with van der Waals surface area (Å²) in [6.45, 7) is 5.60. The highest BCUT2D eigenvalue weighted by Gasteiger charge is 2.51. The smallest absolute Gasteiger partial charge is 0.403 e. The third-order valence-corrected chi connectivity index (χ3v) is 7.08. The molecule has 1 N–H and O–H groups in total. The maximum atomic E-state index is 13.7. The fraction of sp³-hybridized carbons (Fsp3) is 0.682. The lowest BCUT2D eigenvalue weighted by molar-refractivity contribution is -0.275. The number of aliphatic hydroxyl groups is 1. The van der Waals surface area contributed by atoms with E-state index in [1.807, 2.05) is 0 Å². The number of piperazine rings is 1. The average molecular weight is 459 g/mol. The van der Waals surface area contributed by atoms with Gasteiger partial charge >= 0.3 is 6.36 Å². The predicted molar refractivity (Wildman–Crippen MR) is 110 cm³/mol. The molecule has 178 valence electrons. The first-order valence-corrected chi connectivity index (χ1v) is 11.1. The molecule has 1 amide bonds. The van der Waals surface area contributed by atoms with E-state index in [0.29, 0.717) is 31.9 Å². The Balaban J connectivity index is 1.30. The minimum Gasteiger partial charge on any atom is -0.403 e. The zero-order chi connectivity index (χ0) is 23.1. The third-order valence-electron chi connectivity index (χ3n) is 7.08. The molecule has 1 spiro atoms. The minimum absolute atomic E-state index is 0.116. The van der Waals surface area contributed by atoms with Crippen LogP contribution in [0.5, 0.6) is 5.75 Å². The number of rotatable bonds is 6. The lowest BCUT2D eigenvalue weighted by atomic mass is 9.90. The lowest BCUT2D eigenvalue weighted by Crippen LogP contribution is -2.56. The van der Waals surface area contributed by atoms with E-state index in [1.165, 1.54) is 6.07 Å². The van der Waals surface area contributed by atoms with Crippen LogP contribution in [0.25, 0.3) is 0 Å². The number of anilines is 1. The second-order valence-electron chi connectivity index (χ2n) is 9.14. The standard InChI is InChI=1S/C22H29F4N3O3/c1-15-20(31)28(9-2-8-27-10-7-21(5-6-21)19(30)14-27)11-12-29(15)16-3-4-17(23)18(13-16)32-22(24,25)26/h3-4,13,15,19,30H,2,5-12,14H2,1H3/t15-,19+/m0/s1. The number of carbonyl (C=O) groups is 1. The van der Waals surface area contributed by atoms with Gasteiger partial charge in [0.1, 0.15) is 6.04 Å². The number of hydrogen-bond acceptors (Lipinski definition) is 5. The van der Waals surface area contributed by atoms with E-state index in [-0.39, 0.29) is 17.4 Å². The molecule has 6 nitrogen and oxygen atoms in total. The maximum Gasteiger partial charge on any atom is 0.573 e. The van der Waals surface area contributed by atoms with E-state index >= 15 is 0 Å². The molecular formula is C22H29F4N3O3. The molecule has 2 aliphatic heterocycles. The molecule has 0 radical (unpaired) electrons. The van der Waals surface area contributed by atoms with E-state index in [1.54, 1.807) is 16.7 Å². The number of halogens is 4. The summed E-state index contributed by atoms with van der Waals surface area (Å²) in [5, 5.41) is 10.3. The lowest BCUT2D eigenvalue weighted by Gasteiger charge is -2.41. The summed E-state index contributed by atoms with van der Waals surface area (Å²) in [7, 11) is 0. The Morgan fingerprint density at radius 1 is 1.16 bits per heavy atom. The van der Waals surface area contributed by atoms with Crippen molar-refractivity contribution in [3.05, 3.63) is 24.0 Å². The van der Waals surface area contributed by atoms with Crippen LogP contribution in [0.15, 0.2) is 18.2 Å². The molecule has 2 atom stereocenters. The van der Waals surface area contributed by atoms with Crippen LogP contribution < -0.4 is 9.64 Å². The van der Waals surface area contributed by atoms with Gasteiger partial charge < -0.3 is 24.5 Å². The fourth-order valence-corrected chi connectivity index (χ4v) is 4.89. The summed E-state index contributed by atoms with van der Waals surface area (Å²) in [5.41, 5.74) is 0.478. The minimum atomic E-state index is -5.00. The molecule has 2 heterocycles. The second kappa shape index (κ2) is 8.70. The molecule has 0 unspecified atom stereocenters. The van der Waals surface area contributed by atoms with Crippen molar-refractivity contribution in [2.75, 3.05) is 44.2 Å². The average Bonchev–Trinajstić information content (AvgIpc) is 3.50. The van der Waals surface area contributed by atoms with Gasteiger partial charge in [0.15, 0.2) is 11.6 Å². The SMILES string of the molecule is C[C@H]1C(=O)N(CCCN2CCC3(CC3)[C@H](O)C2)CCN1c1ccc(F)c(OC(F)(F)F)c1. The Hall–Kier alpha value is -2.07. The van der Waals surface area contributed by atoms with Crippen molar-refractivity contribution in [2.45, 2.75) is 51.1 Å². The van der Waals surface area contributed by atoms with Gasteiger partial charge in [0.05, 0.1) is 6.10 Å². The van der Waals surface area contributed by atoms with Crippen molar-refractivity contribution in [1.82, 2.24) is 9.80 Å². The molecule has 4 rings (SSSR count). The summed E-state index contributed by atoms with van der Waals surface area (Å²) >= 11 is 0.